The van der Waals surface area contributed by atoms with Crippen molar-refractivity contribution >= 4 is 5.91 Å². The largest absolute Gasteiger partial charge is 0.373 e. The van der Waals surface area contributed by atoms with Gasteiger partial charge in [-0.15, -0.1) is 0 Å². The maximum absolute atomic E-state index is 13.1. The van der Waals surface area contributed by atoms with Gasteiger partial charge in [-0.05, 0) is 51.0 Å². The molecule has 3 unspecified atom stereocenters. The summed E-state index contributed by atoms with van der Waals surface area (Å²) in [6, 6.07) is 8.63. The van der Waals surface area contributed by atoms with Crippen LogP contribution in [0.15, 0.2) is 24.3 Å². The monoisotopic (exact) mass is 330 g/mol. The zero-order valence-electron chi connectivity index (χ0n) is 14.9. The van der Waals surface area contributed by atoms with Crippen molar-refractivity contribution in [3.05, 3.63) is 35.4 Å². The molecule has 24 heavy (non-hydrogen) atoms. The highest BCUT2D eigenvalue weighted by atomic mass is 16.5. The Morgan fingerprint density at radius 2 is 1.88 bits per heavy atom. The van der Waals surface area contributed by atoms with Gasteiger partial charge in [-0.3, -0.25) is 4.79 Å². The van der Waals surface area contributed by atoms with Crippen LogP contribution in [0.2, 0.25) is 0 Å². The van der Waals surface area contributed by atoms with E-state index in [-0.39, 0.29) is 24.0 Å². The van der Waals surface area contributed by atoms with Gasteiger partial charge in [-0.25, -0.2) is 0 Å². The minimum atomic E-state index is -0.0991. The summed E-state index contributed by atoms with van der Waals surface area (Å²) in [4.78, 5) is 15.1. The number of amides is 1. The molecule has 0 spiro atoms. The lowest BCUT2D eigenvalue weighted by Crippen LogP contribution is -2.46. The van der Waals surface area contributed by atoms with Crippen molar-refractivity contribution in [2.45, 2.75) is 51.7 Å². The van der Waals surface area contributed by atoms with E-state index in [1.807, 2.05) is 4.90 Å². The third kappa shape index (κ3) is 3.81. The van der Waals surface area contributed by atoms with Gasteiger partial charge in [-0.1, -0.05) is 29.8 Å². The maximum atomic E-state index is 13.1. The molecule has 4 nitrogen and oxygen atoms in total. The van der Waals surface area contributed by atoms with Crippen molar-refractivity contribution in [2.24, 2.45) is 17.6 Å². The predicted molar refractivity (Wildman–Crippen MR) is 95.5 cm³/mol. The van der Waals surface area contributed by atoms with Gasteiger partial charge >= 0.3 is 0 Å². The fraction of sp³-hybridized carbons (Fsp3) is 0.650. The molecule has 2 saturated heterocycles. The van der Waals surface area contributed by atoms with Crippen LogP contribution in [0.25, 0.3) is 0 Å². The van der Waals surface area contributed by atoms with E-state index in [0.29, 0.717) is 5.92 Å². The van der Waals surface area contributed by atoms with Crippen LogP contribution in [-0.2, 0) is 9.53 Å². The number of hydrogen-bond acceptors (Lipinski definition) is 3. The van der Waals surface area contributed by atoms with E-state index in [2.05, 4.69) is 38.1 Å². The fourth-order valence-corrected chi connectivity index (χ4v) is 4.00. The van der Waals surface area contributed by atoms with Gasteiger partial charge in [0, 0.05) is 25.7 Å². The van der Waals surface area contributed by atoms with E-state index in [9.17, 15) is 4.79 Å². The van der Waals surface area contributed by atoms with Gasteiger partial charge in [-0.2, -0.15) is 0 Å². The van der Waals surface area contributed by atoms with E-state index in [4.69, 9.17) is 10.5 Å². The van der Waals surface area contributed by atoms with Crippen LogP contribution < -0.4 is 5.73 Å². The minimum Gasteiger partial charge on any atom is -0.373 e. The summed E-state index contributed by atoms with van der Waals surface area (Å²) >= 11 is 0. The molecule has 3 rings (SSSR count). The molecule has 2 aliphatic heterocycles. The molecule has 2 fully saturated rings. The van der Waals surface area contributed by atoms with Crippen LogP contribution in [-0.4, -0.2) is 36.5 Å². The lowest BCUT2D eigenvalue weighted by atomic mass is 9.86. The average molecular weight is 330 g/mol. The van der Waals surface area contributed by atoms with Gasteiger partial charge in [0.25, 0.3) is 0 Å². The predicted octanol–water partition coefficient (Wildman–Crippen LogP) is 3.05. The molecule has 3 atom stereocenters. The highest BCUT2D eigenvalue weighted by molar-refractivity contribution is 5.80. The number of carbonyl (C=O) groups excluding carboxylic acids is 1. The summed E-state index contributed by atoms with van der Waals surface area (Å²) in [5.41, 5.74) is 8.38. The molecule has 4 heteroatoms. The molecule has 2 N–H and O–H groups in total. The van der Waals surface area contributed by atoms with E-state index >= 15 is 0 Å². The second-order valence-electron chi connectivity index (χ2n) is 7.47. The highest BCUT2D eigenvalue weighted by Gasteiger charge is 2.37. The van der Waals surface area contributed by atoms with Crippen LogP contribution in [0, 0.1) is 18.8 Å². The molecule has 2 aliphatic rings. The van der Waals surface area contributed by atoms with Crippen molar-refractivity contribution in [1.29, 1.82) is 0 Å². The molecule has 0 saturated carbocycles. The minimum absolute atomic E-state index is 0.0479. The van der Waals surface area contributed by atoms with Crippen molar-refractivity contribution in [2.75, 3.05) is 19.7 Å². The standard InChI is InChI=1S/C20H30N2O2/c1-14-5-7-17(8-6-14)19-18(4-3-13-24-19)20(23)22-11-9-16(10-12-22)15(2)21/h5-8,15-16,18-19H,3-4,9-13,21H2,1-2H3. The summed E-state index contributed by atoms with van der Waals surface area (Å²) in [6.45, 7) is 6.57. The normalized spacial score (nSPS) is 27.0. The molecule has 0 aliphatic carbocycles. The summed E-state index contributed by atoms with van der Waals surface area (Å²) in [5.74, 6) is 0.765. The maximum Gasteiger partial charge on any atom is 0.228 e. The number of aryl methyl sites for hydroxylation is 1. The molecular weight excluding hydrogens is 300 g/mol. The van der Waals surface area contributed by atoms with Crippen LogP contribution in [0.3, 0.4) is 0 Å². The first-order chi connectivity index (χ1) is 11.6. The molecule has 1 aromatic rings. The van der Waals surface area contributed by atoms with Crippen molar-refractivity contribution in [3.63, 3.8) is 0 Å². The molecule has 132 valence electrons. The summed E-state index contributed by atoms with van der Waals surface area (Å²) in [6.07, 6.45) is 3.83. The van der Waals surface area contributed by atoms with Crippen LogP contribution >= 0.6 is 0 Å². The van der Waals surface area contributed by atoms with E-state index in [1.54, 1.807) is 0 Å². The quantitative estimate of drug-likeness (QED) is 0.927. The SMILES string of the molecule is Cc1ccc(C2OCCCC2C(=O)N2CCC(C(C)N)CC2)cc1. The molecule has 0 aromatic heterocycles. The zero-order valence-corrected chi connectivity index (χ0v) is 14.9. The Morgan fingerprint density at radius 1 is 1.21 bits per heavy atom. The Morgan fingerprint density at radius 3 is 2.50 bits per heavy atom. The Bertz CT molecular complexity index is 547. The number of piperidine rings is 1. The summed E-state index contributed by atoms with van der Waals surface area (Å²) in [5, 5.41) is 0. The lowest BCUT2D eigenvalue weighted by molar-refractivity contribution is -0.147. The van der Waals surface area contributed by atoms with Gasteiger partial charge < -0.3 is 15.4 Å². The first-order valence-electron chi connectivity index (χ1n) is 9.29. The molecule has 0 radical (unpaired) electrons. The van der Waals surface area contributed by atoms with E-state index in [0.717, 1.165) is 50.9 Å². The number of carbonyl (C=O) groups is 1. The molecule has 1 aromatic carbocycles. The highest BCUT2D eigenvalue weighted by Crippen LogP contribution is 2.36. The topological polar surface area (TPSA) is 55.6 Å². The van der Waals surface area contributed by atoms with Crippen LogP contribution in [0.4, 0.5) is 0 Å². The number of benzene rings is 1. The summed E-state index contributed by atoms with van der Waals surface area (Å²) in [7, 11) is 0. The average Bonchev–Trinajstić information content (AvgIpc) is 2.62. The Kier molecular flexibility index (Phi) is 5.57. The van der Waals surface area contributed by atoms with Crippen molar-refractivity contribution in [3.8, 4) is 0 Å². The van der Waals surface area contributed by atoms with Gasteiger partial charge in [0.1, 0.15) is 0 Å². The molecule has 0 bridgehead atoms. The molecular formula is C20H30N2O2. The number of hydrogen-bond donors (Lipinski definition) is 1. The van der Waals surface area contributed by atoms with Crippen molar-refractivity contribution in [1.82, 2.24) is 4.90 Å². The third-order valence-corrected chi connectivity index (χ3v) is 5.64. The third-order valence-electron chi connectivity index (χ3n) is 5.64. The van der Waals surface area contributed by atoms with Gasteiger partial charge in [0.15, 0.2) is 0 Å². The zero-order chi connectivity index (χ0) is 17.1. The second kappa shape index (κ2) is 7.66. The van der Waals surface area contributed by atoms with Crippen LogP contribution in [0.5, 0.6) is 0 Å². The lowest BCUT2D eigenvalue weighted by Gasteiger charge is -2.39. The number of nitrogens with zero attached hydrogens (tertiary/aromatic N) is 1. The first-order valence-corrected chi connectivity index (χ1v) is 9.29. The number of likely N-dealkylation sites (tertiary alicyclic amines) is 1. The Balaban J connectivity index is 1.69. The molecule has 2 heterocycles. The Labute approximate surface area is 145 Å². The van der Waals surface area contributed by atoms with Crippen LogP contribution in [0.1, 0.15) is 49.8 Å². The second-order valence-corrected chi connectivity index (χ2v) is 7.47. The number of nitrogens with two attached hydrogens (primary N) is 1. The Hall–Kier alpha value is -1.39. The van der Waals surface area contributed by atoms with E-state index in [1.165, 1.54) is 5.56 Å². The van der Waals surface area contributed by atoms with E-state index < -0.39 is 0 Å². The smallest absolute Gasteiger partial charge is 0.228 e. The fourth-order valence-electron chi connectivity index (χ4n) is 4.00. The van der Waals surface area contributed by atoms with Gasteiger partial charge in [0.05, 0.1) is 12.0 Å². The molecule has 1 amide bonds. The number of ether oxygens (including phenoxy) is 1. The first kappa shape index (κ1) is 17.4. The summed E-state index contributed by atoms with van der Waals surface area (Å²) < 4.78 is 6.02. The van der Waals surface area contributed by atoms with Crippen molar-refractivity contribution < 1.29 is 9.53 Å². The number of rotatable bonds is 3. The van der Waals surface area contributed by atoms with Gasteiger partial charge in [0.2, 0.25) is 5.91 Å².